The molecule has 4 heteroatoms. The Bertz CT molecular complexity index is 844. The minimum Gasteiger partial charge on any atom is -0.299 e. The topological polar surface area (TPSA) is 3.24 Å². The molecule has 2 aromatic rings. The van der Waals surface area contributed by atoms with Crippen LogP contribution in [0.4, 0.5) is 0 Å². The van der Waals surface area contributed by atoms with Crippen molar-refractivity contribution in [3.05, 3.63) is 57.6 Å². The summed E-state index contributed by atoms with van der Waals surface area (Å²) in [6, 6.07) is 11.9. The first kappa shape index (κ1) is 16.5. The van der Waals surface area contributed by atoms with Crippen molar-refractivity contribution < 1.29 is 0 Å². The summed E-state index contributed by atoms with van der Waals surface area (Å²) in [4.78, 5) is 4.37. The molecular formula is C19H15Cl2NS. The third-order valence-electron chi connectivity index (χ3n) is 3.34. The standard InChI is InChI=1S/C19H15Cl2NS/c1-22(2)9-3-4-13-10-14-11-15(20)5-7-18(14)23-19-8-6-16(21)12-17(13)19/h5-8,10-12H,9H2,1-2H3. The Morgan fingerprint density at radius 3 is 2.43 bits per heavy atom. The van der Waals surface area contributed by atoms with E-state index in [1.54, 1.807) is 11.8 Å². The molecule has 3 rings (SSSR count). The van der Waals surface area contributed by atoms with Gasteiger partial charge in [0.1, 0.15) is 0 Å². The van der Waals surface area contributed by atoms with Gasteiger partial charge in [-0.25, -0.2) is 0 Å². The molecule has 0 aromatic heterocycles. The molecular weight excluding hydrogens is 345 g/mol. The summed E-state index contributed by atoms with van der Waals surface area (Å²) in [6.45, 7) is 0.711. The van der Waals surface area contributed by atoms with Crippen LogP contribution in [-0.4, -0.2) is 25.5 Å². The first-order valence-electron chi connectivity index (χ1n) is 7.15. The minimum absolute atomic E-state index is 0.711. The second-order valence-corrected chi connectivity index (χ2v) is 7.48. The summed E-state index contributed by atoms with van der Waals surface area (Å²) in [5.74, 6) is 6.50. The quantitative estimate of drug-likeness (QED) is 0.612. The Labute approximate surface area is 151 Å². The molecule has 0 spiro atoms. The molecule has 2 aromatic carbocycles. The van der Waals surface area contributed by atoms with Crippen molar-refractivity contribution in [2.45, 2.75) is 9.79 Å². The van der Waals surface area contributed by atoms with Crippen molar-refractivity contribution in [3.8, 4) is 11.8 Å². The molecule has 0 unspecified atom stereocenters. The van der Waals surface area contributed by atoms with Gasteiger partial charge in [-0.1, -0.05) is 46.8 Å². The van der Waals surface area contributed by atoms with Crippen LogP contribution < -0.4 is 0 Å². The zero-order valence-electron chi connectivity index (χ0n) is 12.9. The Hall–Kier alpha value is -1.37. The molecule has 1 aliphatic rings. The summed E-state index contributed by atoms with van der Waals surface area (Å²) in [5, 5.41) is 1.44. The molecule has 1 heterocycles. The predicted molar refractivity (Wildman–Crippen MR) is 101 cm³/mol. The van der Waals surface area contributed by atoms with E-state index in [4.69, 9.17) is 23.2 Å². The van der Waals surface area contributed by atoms with Gasteiger partial charge in [-0.05, 0) is 62.1 Å². The molecule has 0 fully saturated rings. The first-order chi connectivity index (χ1) is 11.0. The molecule has 23 heavy (non-hydrogen) atoms. The molecule has 0 saturated heterocycles. The van der Waals surface area contributed by atoms with E-state index in [2.05, 4.69) is 17.9 Å². The number of rotatable bonds is 1. The molecule has 0 atom stereocenters. The van der Waals surface area contributed by atoms with Crippen LogP contribution in [0.2, 0.25) is 10.0 Å². The third-order valence-corrected chi connectivity index (χ3v) is 4.98. The largest absolute Gasteiger partial charge is 0.299 e. The maximum absolute atomic E-state index is 6.20. The van der Waals surface area contributed by atoms with Gasteiger partial charge in [0, 0.05) is 31.0 Å². The number of hydrogen-bond acceptors (Lipinski definition) is 2. The number of benzene rings is 2. The lowest BCUT2D eigenvalue weighted by atomic mass is 10.0. The lowest BCUT2D eigenvalue weighted by Crippen LogP contribution is -2.10. The van der Waals surface area contributed by atoms with E-state index in [9.17, 15) is 0 Å². The molecule has 0 amide bonds. The summed E-state index contributed by atoms with van der Waals surface area (Å²) >= 11 is 14.1. The van der Waals surface area contributed by atoms with Crippen LogP contribution in [-0.2, 0) is 0 Å². The molecule has 0 N–H and O–H groups in total. The van der Waals surface area contributed by atoms with E-state index in [0.29, 0.717) is 11.6 Å². The summed E-state index contributed by atoms with van der Waals surface area (Å²) in [5.41, 5.74) is 3.13. The van der Waals surface area contributed by atoms with Crippen molar-refractivity contribution in [1.82, 2.24) is 4.90 Å². The number of hydrogen-bond donors (Lipinski definition) is 0. The fourth-order valence-corrected chi connectivity index (χ4v) is 3.65. The van der Waals surface area contributed by atoms with E-state index >= 15 is 0 Å². The van der Waals surface area contributed by atoms with Gasteiger partial charge < -0.3 is 0 Å². The van der Waals surface area contributed by atoms with Gasteiger partial charge in [0.15, 0.2) is 0 Å². The van der Waals surface area contributed by atoms with Crippen LogP contribution in [0.3, 0.4) is 0 Å². The number of fused-ring (bicyclic) bond motifs is 2. The third kappa shape index (κ3) is 3.94. The summed E-state index contributed by atoms with van der Waals surface area (Å²) in [6.07, 6.45) is 2.10. The zero-order chi connectivity index (χ0) is 16.4. The number of allylic oxidation sites excluding steroid dienone is 1. The Morgan fingerprint density at radius 2 is 1.70 bits per heavy atom. The lowest BCUT2D eigenvalue weighted by Gasteiger charge is -2.07. The Balaban J connectivity index is 2.15. The van der Waals surface area contributed by atoms with Gasteiger partial charge in [0.05, 0.1) is 6.54 Å². The minimum atomic E-state index is 0.711. The lowest BCUT2D eigenvalue weighted by molar-refractivity contribution is 0.464. The van der Waals surface area contributed by atoms with E-state index in [-0.39, 0.29) is 0 Å². The molecule has 116 valence electrons. The van der Waals surface area contributed by atoms with Crippen LogP contribution in [0, 0.1) is 11.8 Å². The second-order valence-electron chi connectivity index (χ2n) is 5.52. The number of nitrogens with zero attached hydrogens (tertiary/aromatic N) is 1. The highest BCUT2D eigenvalue weighted by Crippen LogP contribution is 2.41. The SMILES string of the molecule is CN(C)CC#CC1=Cc2cc(Cl)ccc2Sc2ccc(Cl)cc21. The molecule has 0 bridgehead atoms. The van der Waals surface area contributed by atoms with E-state index in [1.165, 1.54) is 4.90 Å². The van der Waals surface area contributed by atoms with Gasteiger partial charge in [-0.2, -0.15) is 0 Å². The van der Waals surface area contributed by atoms with Gasteiger partial charge in [0.25, 0.3) is 0 Å². The molecule has 1 nitrogen and oxygen atoms in total. The van der Waals surface area contributed by atoms with Gasteiger partial charge in [0.2, 0.25) is 0 Å². The summed E-state index contributed by atoms with van der Waals surface area (Å²) < 4.78 is 0. The average molecular weight is 360 g/mol. The molecule has 0 radical (unpaired) electrons. The number of halogens is 2. The van der Waals surface area contributed by atoms with E-state index in [0.717, 1.165) is 26.6 Å². The van der Waals surface area contributed by atoms with Crippen LogP contribution in [0.5, 0.6) is 0 Å². The van der Waals surface area contributed by atoms with E-state index in [1.807, 2.05) is 55.4 Å². The second kappa shape index (κ2) is 7.03. The van der Waals surface area contributed by atoms with Crippen LogP contribution >= 0.6 is 35.0 Å². The van der Waals surface area contributed by atoms with Crippen LogP contribution in [0.1, 0.15) is 11.1 Å². The van der Waals surface area contributed by atoms with Crippen LogP contribution in [0.15, 0.2) is 46.2 Å². The predicted octanol–water partition coefficient (Wildman–Crippen LogP) is 5.56. The van der Waals surface area contributed by atoms with E-state index < -0.39 is 0 Å². The monoisotopic (exact) mass is 359 g/mol. The fraction of sp³-hybridized carbons (Fsp3) is 0.158. The van der Waals surface area contributed by atoms with Gasteiger partial charge in [-0.3, -0.25) is 4.90 Å². The van der Waals surface area contributed by atoms with Crippen molar-refractivity contribution in [2.75, 3.05) is 20.6 Å². The maximum atomic E-state index is 6.20. The fourth-order valence-electron chi connectivity index (χ4n) is 2.27. The van der Waals surface area contributed by atoms with Crippen molar-refractivity contribution in [1.29, 1.82) is 0 Å². The Kier molecular flexibility index (Phi) is 5.04. The smallest absolute Gasteiger partial charge is 0.0600 e. The highest BCUT2D eigenvalue weighted by molar-refractivity contribution is 7.99. The van der Waals surface area contributed by atoms with Gasteiger partial charge >= 0.3 is 0 Å². The highest BCUT2D eigenvalue weighted by Gasteiger charge is 2.15. The molecule has 1 aliphatic heterocycles. The summed E-state index contributed by atoms with van der Waals surface area (Å²) in [7, 11) is 4.01. The molecule has 0 aliphatic carbocycles. The van der Waals surface area contributed by atoms with Crippen molar-refractivity contribution in [3.63, 3.8) is 0 Å². The first-order valence-corrected chi connectivity index (χ1v) is 8.73. The Morgan fingerprint density at radius 1 is 1.00 bits per heavy atom. The zero-order valence-corrected chi connectivity index (χ0v) is 15.2. The molecule has 0 saturated carbocycles. The van der Waals surface area contributed by atoms with Crippen LogP contribution in [0.25, 0.3) is 11.6 Å². The average Bonchev–Trinajstić information content (AvgIpc) is 2.63. The van der Waals surface area contributed by atoms with Crippen molar-refractivity contribution >= 4 is 46.6 Å². The highest BCUT2D eigenvalue weighted by atomic mass is 35.5. The maximum Gasteiger partial charge on any atom is 0.0600 e. The van der Waals surface area contributed by atoms with Gasteiger partial charge in [-0.15, -0.1) is 0 Å². The normalized spacial score (nSPS) is 12.7. The van der Waals surface area contributed by atoms with Crippen molar-refractivity contribution in [2.24, 2.45) is 0 Å².